The lowest BCUT2D eigenvalue weighted by molar-refractivity contribution is -0.129. The van der Waals surface area contributed by atoms with Crippen LogP contribution in [-0.4, -0.2) is 29.5 Å². The van der Waals surface area contributed by atoms with Gasteiger partial charge < -0.3 is 10.1 Å². The first-order valence-electron chi connectivity index (χ1n) is 8.77. The van der Waals surface area contributed by atoms with E-state index >= 15 is 0 Å². The van der Waals surface area contributed by atoms with Gasteiger partial charge in [0.1, 0.15) is 10.8 Å². The minimum Gasteiger partial charge on any atom is -0.448 e. The van der Waals surface area contributed by atoms with E-state index in [9.17, 15) is 14.0 Å². The molecule has 0 aliphatic heterocycles. The largest absolute Gasteiger partial charge is 0.448 e. The average molecular weight is 398 g/mol. The second-order valence-corrected chi connectivity index (χ2v) is 6.98. The highest BCUT2D eigenvalue weighted by molar-refractivity contribution is 7.13. The molecule has 1 N–H and O–H groups in total. The summed E-state index contributed by atoms with van der Waals surface area (Å²) in [6, 6.07) is 15.6. The van der Waals surface area contributed by atoms with E-state index in [0.29, 0.717) is 18.0 Å². The number of halogens is 1. The fraction of sp³-hybridized carbons (Fsp3) is 0.190. The van der Waals surface area contributed by atoms with Gasteiger partial charge in [0.2, 0.25) is 0 Å². The number of carbonyl (C=O) groups is 2. The van der Waals surface area contributed by atoms with Gasteiger partial charge in [-0.25, -0.2) is 14.2 Å². The van der Waals surface area contributed by atoms with Crippen LogP contribution in [0.4, 0.5) is 4.39 Å². The van der Waals surface area contributed by atoms with Gasteiger partial charge in [-0.15, -0.1) is 11.3 Å². The molecule has 1 amide bonds. The third kappa shape index (κ3) is 5.23. The zero-order valence-electron chi connectivity index (χ0n) is 15.2. The van der Waals surface area contributed by atoms with Crippen molar-refractivity contribution in [1.29, 1.82) is 0 Å². The van der Waals surface area contributed by atoms with Gasteiger partial charge in [0.15, 0.2) is 11.8 Å². The summed E-state index contributed by atoms with van der Waals surface area (Å²) >= 11 is 1.34. The fourth-order valence-corrected chi connectivity index (χ4v) is 3.28. The molecule has 1 atom stereocenters. The van der Waals surface area contributed by atoms with Gasteiger partial charge in [0, 0.05) is 17.5 Å². The summed E-state index contributed by atoms with van der Waals surface area (Å²) < 4.78 is 18.1. The van der Waals surface area contributed by atoms with Gasteiger partial charge in [-0.1, -0.05) is 42.5 Å². The molecule has 7 heteroatoms. The zero-order chi connectivity index (χ0) is 19.9. The number of rotatable bonds is 7. The Kier molecular flexibility index (Phi) is 6.49. The van der Waals surface area contributed by atoms with Crippen LogP contribution in [0, 0.1) is 5.82 Å². The summed E-state index contributed by atoms with van der Waals surface area (Å²) in [6.07, 6.45) is -0.387. The Labute approximate surface area is 166 Å². The number of aromatic nitrogens is 1. The Morgan fingerprint density at radius 2 is 1.86 bits per heavy atom. The molecule has 0 aliphatic carbocycles. The Morgan fingerprint density at radius 3 is 2.57 bits per heavy atom. The Hall–Kier alpha value is -3.06. The number of hydrogen-bond donors (Lipinski definition) is 1. The zero-order valence-corrected chi connectivity index (χ0v) is 16.0. The molecule has 0 spiro atoms. The summed E-state index contributed by atoms with van der Waals surface area (Å²) in [6.45, 7) is 1.87. The number of nitrogens with zero attached hydrogens (tertiary/aromatic N) is 1. The van der Waals surface area contributed by atoms with Crippen molar-refractivity contribution < 1.29 is 18.7 Å². The van der Waals surface area contributed by atoms with Gasteiger partial charge in [-0.2, -0.15) is 0 Å². The lowest BCUT2D eigenvalue weighted by atomic mass is 10.1. The van der Waals surface area contributed by atoms with E-state index in [2.05, 4.69) is 10.3 Å². The smallest absolute Gasteiger partial charge is 0.358 e. The van der Waals surface area contributed by atoms with E-state index in [1.54, 1.807) is 17.5 Å². The molecular weight excluding hydrogens is 379 g/mol. The van der Waals surface area contributed by atoms with Gasteiger partial charge >= 0.3 is 5.97 Å². The monoisotopic (exact) mass is 398 g/mol. The number of amides is 1. The van der Waals surface area contributed by atoms with Crippen molar-refractivity contribution in [3.63, 3.8) is 0 Å². The minimum atomic E-state index is -0.942. The van der Waals surface area contributed by atoms with Gasteiger partial charge in [0.05, 0.1) is 0 Å². The summed E-state index contributed by atoms with van der Waals surface area (Å²) in [5.41, 5.74) is 2.00. The predicted octanol–water partition coefficient (Wildman–Crippen LogP) is 3.85. The molecule has 1 heterocycles. The summed E-state index contributed by atoms with van der Waals surface area (Å²) in [7, 11) is 0. The molecule has 0 radical (unpaired) electrons. The van der Waals surface area contributed by atoms with E-state index in [4.69, 9.17) is 4.74 Å². The molecule has 0 aliphatic rings. The van der Waals surface area contributed by atoms with Crippen LogP contribution in [0.1, 0.15) is 23.0 Å². The number of thiazole rings is 1. The highest BCUT2D eigenvalue weighted by Gasteiger charge is 2.20. The lowest BCUT2D eigenvalue weighted by Gasteiger charge is -2.12. The normalized spacial score (nSPS) is 11.6. The third-order valence-electron chi connectivity index (χ3n) is 4.01. The number of benzene rings is 2. The van der Waals surface area contributed by atoms with Crippen molar-refractivity contribution >= 4 is 23.2 Å². The maximum Gasteiger partial charge on any atom is 0.358 e. The topological polar surface area (TPSA) is 68.3 Å². The molecular formula is C21H19FN2O3S. The van der Waals surface area contributed by atoms with Crippen LogP contribution < -0.4 is 5.32 Å². The van der Waals surface area contributed by atoms with Crippen LogP contribution in [-0.2, 0) is 16.0 Å². The summed E-state index contributed by atoms with van der Waals surface area (Å²) in [5.74, 6) is -1.33. The first kappa shape index (κ1) is 19.7. The SMILES string of the molecule is C[C@H](OC(=O)c1csc(-c2ccccc2)n1)C(=O)NCCc1ccc(F)cc1. The van der Waals surface area contributed by atoms with Gasteiger partial charge in [-0.3, -0.25) is 4.79 Å². The number of esters is 1. The van der Waals surface area contributed by atoms with E-state index in [1.807, 2.05) is 30.3 Å². The Morgan fingerprint density at radius 1 is 1.14 bits per heavy atom. The maximum absolute atomic E-state index is 12.9. The molecule has 3 aromatic rings. The second-order valence-electron chi connectivity index (χ2n) is 6.12. The average Bonchev–Trinajstić information content (AvgIpc) is 3.20. The standard InChI is InChI=1S/C21H19FN2O3S/c1-14(19(25)23-12-11-15-7-9-17(22)10-8-15)27-21(26)18-13-28-20(24-18)16-5-3-2-4-6-16/h2-10,13-14H,11-12H2,1H3,(H,23,25)/t14-/m0/s1. The van der Waals surface area contributed by atoms with Crippen molar-refractivity contribution in [2.75, 3.05) is 6.54 Å². The number of carbonyl (C=O) groups excluding carboxylic acids is 2. The Balaban J connectivity index is 1.49. The molecule has 0 saturated carbocycles. The second kappa shape index (κ2) is 9.23. The van der Waals surface area contributed by atoms with Crippen molar-refractivity contribution in [2.24, 2.45) is 0 Å². The lowest BCUT2D eigenvalue weighted by Crippen LogP contribution is -2.37. The molecule has 0 saturated heterocycles. The van der Waals surface area contributed by atoms with Crippen LogP contribution in [0.15, 0.2) is 60.0 Å². The van der Waals surface area contributed by atoms with Crippen LogP contribution in [0.3, 0.4) is 0 Å². The van der Waals surface area contributed by atoms with Crippen LogP contribution >= 0.6 is 11.3 Å². The van der Waals surface area contributed by atoms with Crippen LogP contribution in [0.25, 0.3) is 10.6 Å². The molecule has 0 unspecified atom stereocenters. The number of ether oxygens (including phenoxy) is 1. The molecule has 5 nitrogen and oxygen atoms in total. The van der Waals surface area contributed by atoms with Gasteiger partial charge in [0.25, 0.3) is 5.91 Å². The summed E-state index contributed by atoms with van der Waals surface area (Å²) in [5, 5.41) is 5.03. The summed E-state index contributed by atoms with van der Waals surface area (Å²) in [4.78, 5) is 28.6. The molecule has 2 aromatic carbocycles. The van der Waals surface area contributed by atoms with Crippen molar-refractivity contribution in [1.82, 2.24) is 10.3 Å². The molecule has 144 valence electrons. The van der Waals surface area contributed by atoms with E-state index in [1.165, 1.54) is 30.4 Å². The van der Waals surface area contributed by atoms with Crippen molar-refractivity contribution in [3.05, 3.63) is 77.1 Å². The van der Waals surface area contributed by atoms with Gasteiger partial charge in [-0.05, 0) is 31.0 Å². The van der Waals surface area contributed by atoms with Crippen molar-refractivity contribution in [3.8, 4) is 10.6 Å². The maximum atomic E-state index is 12.9. The molecule has 1 aromatic heterocycles. The van der Waals surface area contributed by atoms with E-state index in [-0.39, 0.29) is 11.5 Å². The molecule has 0 fully saturated rings. The molecule has 3 rings (SSSR count). The molecule has 0 bridgehead atoms. The minimum absolute atomic E-state index is 0.176. The highest BCUT2D eigenvalue weighted by atomic mass is 32.1. The van der Waals surface area contributed by atoms with Crippen molar-refractivity contribution in [2.45, 2.75) is 19.4 Å². The first-order chi connectivity index (χ1) is 13.5. The van der Waals surface area contributed by atoms with E-state index < -0.39 is 18.0 Å². The number of nitrogens with one attached hydrogen (secondary N) is 1. The first-order valence-corrected chi connectivity index (χ1v) is 9.65. The number of hydrogen-bond acceptors (Lipinski definition) is 5. The van der Waals surface area contributed by atoms with Crippen LogP contribution in [0.2, 0.25) is 0 Å². The van der Waals surface area contributed by atoms with E-state index in [0.717, 1.165) is 11.1 Å². The fourth-order valence-electron chi connectivity index (χ4n) is 2.48. The van der Waals surface area contributed by atoms with Crippen LogP contribution in [0.5, 0.6) is 0 Å². The third-order valence-corrected chi connectivity index (χ3v) is 4.90. The Bertz CT molecular complexity index is 942. The predicted molar refractivity (Wildman–Crippen MR) is 106 cm³/mol. The molecule has 28 heavy (non-hydrogen) atoms. The highest BCUT2D eigenvalue weighted by Crippen LogP contribution is 2.23. The quantitative estimate of drug-likeness (QED) is 0.614.